The summed E-state index contributed by atoms with van der Waals surface area (Å²) in [6, 6.07) is 18.4. The largest absolute Gasteiger partial charge is 0.490 e. The third-order valence-corrected chi connectivity index (χ3v) is 2.74. The summed E-state index contributed by atoms with van der Waals surface area (Å²) in [5.41, 5.74) is 2.41. The van der Waals surface area contributed by atoms with Gasteiger partial charge in [-0.3, -0.25) is 0 Å². The smallest absolute Gasteiger partial charge is 0.119 e. The van der Waals surface area contributed by atoms with Gasteiger partial charge in [-0.15, -0.1) is 11.6 Å². The van der Waals surface area contributed by atoms with Crippen LogP contribution < -0.4 is 4.74 Å². The molecule has 1 nitrogen and oxygen atoms in total. The van der Waals surface area contributed by atoms with Gasteiger partial charge in [0.15, 0.2) is 0 Å². The van der Waals surface area contributed by atoms with E-state index in [1.807, 2.05) is 42.5 Å². The van der Waals surface area contributed by atoms with Crippen molar-refractivity contribution in [1.82, 2.24) is 0 Å². The van der Waals surface area contributed by atoms with Gasteiger partial charge < -0.3 is 4.74 Å². The molecule has 92 valence electrons. The van der Waals surface area contributed by atoms with E-state index in [4.69, 9.17) is 16.3 Å². The van der Waals surface area contributed by atoms with Gasteiger partial charge in [0.05, 0.1) is 0 Å². The van der Waals surface area contributed by atoms with Crippen molar-refractivity contribution in [2.24, 2.45) is 0 Å². The van der Waals surface area contributed by atoms with Crippen molar-refractivity contribution < 1.29 is 4.74 Å². The molecule has 2 rings (SSSR count). The Balaban J connectivity index is 2.00. The summed E-state index contributed by atoms with van der Waals surface area (Å²) in [5, 5.41) is 0. The predicted molar refractivity (Wildman–Crippen MR) is 77.2 cm³/mol. The summed E-state index contributed by atoms with van der Waals surface area (Å²) >= 11 is 5.53. The maximum atomic E-state index is 5.55. The molecule has 0 saturated heterocycles. The average molecular weight is 259 g/mol. The minimum atomic E-state index is 0.524. The van der Waals surface area contributed by atoms with E-state index in [0.717, 1.165) is 5.75 Å². The Bertz CT molecular complexity index is 488. The van der Waals surface area contributed by atoms with Gasteiger partial charge in [-0.2, -0.15) is 0 Å². The second-order valence-electron chi connectivity index (χ2n) is 3.83. The van der Waals surface area contributed by atoms with Gasteiger partial charge in [-0.05, 0) is 23.3 Å². The van der Waals surface area contributed by atoms with Gasteiger partial charge in [-0.1, -0.05) is 54.6 Å². The summed E-state index contributed by atoms with van der Waals surface area (Å²) in [5.74, 6) is 1.39. The van der Waals surface area contributed by atoms with Gasteiger partial charge in [-0.25, -0.2) is 0 Å². The highest BCUT2D eigenvalue weighted by molar-refractivity contribution is 6.18. The van der Waals surface area contributed by atoms with Crippen molar-refractivity contribution in [3.05, 3.63) is 66.7 Å². The lowest BCUT2D eigenvalue weighted by Gasteiger charge is -2.05. The molecule has 0 aromatic heterocycles. The van der Waals surface area contributed by atoms with Crippen molar-refractivity contribution in [3.63, 3.8) is 0 Å². The Morgan fingerprint density at radius 1 is 0.833 bits per heavy atom. The Labute approximate surface area is 113 Å². The van der Waals surface area contributed by atoms with Crippen LogP contribution in [-0.4, -0.2) is 12.5 Å². The van der Waals surface area contributed by atoms with Gasteiger partial charge >= 0.3 is 0 Å². The molecule has 2 heteroatoms. The molecule has 0 aliphatic heterocycles. The van der Waals surface area contributed by atoms with E-state index in [0.29, 0.717) is 12.5 Å². The highest BCUT2D eigenvalue weighted by Crippen LogP contribution is 2.21. The van der Waals surface area contributed by atoms with Crippen LogP contribution in [0.1, 0.15) is 0 Å². The molecule has 0 heterocycles. The first-order chi connectivity index (χ1) is 8.90. The standard InChI is InChI=1S/C16H15ClO/c17-12-4-5-13-18-16-10-8-15(9-11-16)14-6-2-1-3-7-14/h1-11H,12-13H2. The van der Waals surface area contributed by atoms with E-state index in [2.05, 4.69) is 24.3 Å². The van der Waals surface area contributed by atoms with Gasteiger partial charge in [0.2, 0.25) is 0 Å². The number of benzene rings is 2. The molecule has 0 radical (unpaired) electrons. The first-order valence-electron chi connectivity index (χ1n) is 5.89. The summed E-state index contributed by atoms with van der Waals surface area (Å²) in [6.45, 7) is 0.553. The van der Waals surface area contributed by atoms with Crippen molar-refractivity contribution in [1.29, 1.82) is 0 Å². The van der Waals surface area contributed by atoms with Crippen molar-refractivity contribution in [2.75, 3.05) is 12.5 Å². The highest BCUT2D eigenvalue weighted by Gasteiger charge is 1.97. The Kier molecular flexibility index (Phi) is 4.86. The number of hydrogen-bond donors (Lipinski definition) is 0. The average Bonchev–Trinajstić information content (AvgIpc) is 2.45. The number of allylic oxidation sites excluding steroid dienone is 1. The maximum Gasteiger partial charge on any atom is 0.119 e. The van der Waals surface area contributed by atoms with Crippen LogP contribution in [-0.2, 0) is 0 Å². The number of ether oxygens (including phenoxy) is 1. The molecule has 0 aliphatic rings. The fourth-order valence-electron chi connectivity index (χ4n) is 1.65. The molecule has 0 N–H and O–H groups in total. The fraction of sp³-hybridized carbons (Fsp3) is 0.125. The summed E-state index contributed by atoms with van der Waals surface area (Å²) in [7, 11) is 0. The first kappa shape index (κ1) is 12.7. The number of rotatable bonds is 5. The molecule has 0 spiro atoms. The molecule has 0 atom stereocenters. The quantitative estimate of drug-likeness (QED) is 0.566. The van der Waals surface area contributed by atoms with E-state index >= 15 is 0 Å². The normalized spacial score (nSPS) is 10.7. The number of alkyl halides is 1. The molecular weight excluding hydrogens is 244 g/mol. The van der Waals surface area contributed by atoms with Gasteiger partial charge in [0, 0.05) is 5.88 Å². The lowest BCUT2D eigenvalue weighted by Crippen LogP contribution is -1.93. The molecular formula is C16H15ClO. The Morgan fingerprint density at radius 2 is 1.50 bits per heavy atom. The van der Waals surface area contributed by atoms with Crippen LogP contribution in [0.2, 0.25) is 0 Å². The number of hydrogen-bond acceptors (Lipinski definition) is 1. The van der Waals surface area contributed by atoms with E-state index in [9.17, 15) is 0 Å². The van der Waals surface area contributed by atoms with Crippen LogP contribution >= 0.6 is 11.6 Å². The second-order valence-corrected chi connectivity index (χ2v) is 4.14. The lowest BCUT2D eigenvalue weighted by molar-refractivity contribution is 0.363. The SMILES string of the molecule is ClCC=CCOc1ccc(-c2ccccc2)cc1. The molecule has 0 saturated carbocycles. The minimum Gasteiger partial charge on any atom is -0.490 e. The van der Waals surface area contributed by atoms with E-state index in [1.165, 1.54) is 11.1 Å². The zero-order valence-electron chi connectivity index (χ0n) is 10.1. The van der Waals surface area contributed by atoms with Gasteiger partial charge in [0.25, 0.3) is 0 Å². The Hall–Kier alpha value is -1.73. The van der Waals surface area contributed by atoms with Crippen LogP contribution in [0.25, 0.3) is 11.1 Å². The highest BCUT2D eigenvalue weighted by atomic mass is 35.5. The zero-order valence-corrected chi connectivity index (χ0v) is 10.8. The topological polar surface area (TPSA) is 9.23 Å². The second kappa shape index (κ2) is 6.87. The molecule has 2 aromatic carbocycles. The van der Waals surface area contributed by atoms with Crippen LogP contribution in [0.5, 0.6) is 5.75 Å². The van der Waals surface area contributed by atoms with Crippen LogP contribution in [0.4, 0.5) is 0 Å². The van der Waals surface area contributed by atoms with E-state index in [1.54, 1.807) is 0 Å². The fourth-order valence-corrected chi connectivity index (χ4v) is 1.78. The summed E-state index contributed by atoms with van der Waals surface area (Å²) < 4.78 is 5.55. The zero-order chi connectivity index (χ0) is 12.6. The molecule has 0 aliphatic carbocycles. The number of halogens is 1. The third kappa shape index (κ3) is 3.64. The van der Waals surface area contributed by atoms with E-state index in [-0.39, 0.29) is 0 Å². The van der Waals surface area contributed by atoms with Crippen LogP contribution in [0.15, 0.2) is 66.7 Å². The van der Waals surface area contributed by atoms with Crippen LogP contribution in [0, 0.1) is 0 Å². The molecule has 0 unspecified atom stereocenters. The minimum absolute atomic E-state index is 0.524. The molecule has 2 aromatic rings. The molecule has 0 amide bonds. The summed E-state index contributed by atoms with van der Waals surface area (Å²) in [6.07, 6.45) is 3.79. The first-order valence-corrected chi connectivity index (χ1v) is 6.43. The molecule has 18 heavy (non-hydrogen) atoms. The Morgan fingerprint density at radius 3 is 2.17 bits per heavy atom. The van der Waals surface area contributed by atoms with E-state index < -0.39 is 0 Å². The third-order valence-electron chi connectivity index (χ3n) is 2.56. The van der Waals surface area contributed by atoms with Crippen LogP contribution in [0.3, 0.4) is 0 Å². The summed E-state index contributed by atoms with van der Waals surface area (Å²) in [4.78, 5) is 0. The predicted octanol–water partition coefficient (Wildman–Crippen LogP) is 4.53. The molecule has 0 bridgehead atoms. The maximum absolute atomic E-state index is 5.55. The lowest BCUT2D eigenvalue weighted by atomic mass is 10.1. The monoisotopic (exact) mass is 258 g/mol. The van der Waals surface area contributed by atoms with Crippen molar-refractivity contribution in [3.8, 4) is 16.9 Å². The van der Waals surface area contributed by atoms with Gasteiger partial charge in [0.1, 0.15) is 12.4 Å². The molecule has 0 fully saturated rings. The van der Waals surface area contributed by atoms with Crippen molar-refractivity contribution >= 4 is 11.6 Å². The van der Waals surface area contributed by atoms with Crippen molar-refractivity contribution in [2.45, 2.75) is 0 Å².